The molecule has 6 aromatic carbocycles. The lowest BCUT2D eigenvalue weighted by molar-refractivity contribution is 1.25. The Kier molecular flexibility index (Phi) is 7.24. The van der Waals surface area contributed by atoms with Crippen LogP contribution in [0, 0.1) is 0 Å². The van der Waals surface area contributed by atoms with Crippen LogP contribution < -0.4 is 9.80 Å². The quantitative estimate of drug-likeness (QED) is 0.189. The van der Waals surface area contributed by atoms with Crippen molar-refractivity contribution in [3.05, 3.63) is 168 Å². The molecule has 0 radical (unpaired) electrons. The molecule has 0 aliphatic carbocycles. The first-order valence-corrected chi connectivity index (χ1v) is 13.8. The summed E-state index contributed by atoms with van der Waals surface area (Å²) in [6.45, 7) is 0. The molecule has 6 rings (SSSR count). The van der Waals surface area contributed by atoms with E-state index in [1.54, 1.807) is 0 Å². The van der Waals surface area contributed by atoms with Crippen molar-refractivity contribution in [2.45, 2.75) is 0 Å². The molecule has 0 aliphatic rings. The van der Waals surface area contributed by atoms with Crippen molar-refractivity contribution < 1.29 is 0 Å². The molecule has 2 nitrogen and oxygen atoms in total. The highest BCUT2D eigenvalue weighted by atomic mass is 79.9. The van der Waals surface area contributed by atoms with Gasteiger partial charge in [-0.05, 0) is 96.1 Å². The number of benzene rings is 6. The fraction of sp³-hybridized carbons (Fsp3) is 0. The molecule has 0 heterocycles. The second-order valence-corrected chi connectivity index (χ2v) is 10.2. The summed E-state index contributed by atoms with van der Waals surface area (Å²) in [4.78, 5) is 4.57. The maximum atomic E-state index is 3.59. The SMILES string of the molecule is Brc1ccc(N(c2ccc(-c3ccccc3)cc2)c2ccc(N(c3ccccc3)c3ccccc3)cc2)cc1. The molecule has 0 N–H and O–H groups in total. The van der Waals surface area contributed by atoms with Crippen LogP contribution in [0.4, 0.5) is 34.1 Å². The summed E-state index contributed by atoms with van der Waals surface area (Å²) in [5.41, 5.74) is 9.06. The van der Waals surface area contributed by atoms with Gasteiger partial charge in [-0.1, -0.05) is 94.8 Å². The minimum Gasteiger partial charge on any atom is -0.311 e. The third-order valence-corrected chi connectivity index (χ3v) is 7.24. The Balaban J connectivity index is 1.39. The number of nitrogens with zero attached hydrogens (tertiary/aromatic N) is 2. The van der Waals surface area contributed by atoms with E-state index in [2.05, 4.69) is 183 Å². The third-order valence-electron chi connectivity index (χ3n) is 6.71. The van der Waals surface area contributed by atoms with Crippen molar-refractivity contribution in [2.75, 3.05) is 9.80 Å². The van der Waals surface area contributed by atoms with E-state index in [-0.39, 0.29) is 0 Å². The van der Waals surface area contributed by atoms with E-state index in [0.717, 1.165) is 38.6 Å². The lowest BCUT2D eigenvalue weighted by atomic mass is 10.0. The van der Waals surface area contributed by atoms with Gasteiger partial charge in [-0.15, -0.1) is 0 Å². The number of para-hydroxylation sites is 2. The van der Waals surface area contributed by atoms with E-state index in [9.17, 15) is 0 Å². The number of halogens is 1. The summed E-state index contributed by atoms with van der Waals surface area (Å²) in [6, 6.07) is 57.5. The summed E-state index contributed by atoms with van der Waals surface area (Å²) in [6.07, 6.45) is 0. The van der Waals surface area contributed by atoms with Gasteiger partial charge >= 0.3 is 0 Å². The molecule has 0 spiro atoms. The Morgan fingerprint density at radius 2 is 0.564 bits per heavy atom. The van der Waals surface area contributed by atoms with Crippen LogP contribution in [0.25, 0.3) is 11.1 Å². The van der Waals surface area contributed by atoms with Crippen LogP contribution in [0.2, 0.25) is 0 Å². The molecule has 0 aliphatic heterocycles. The van der Waals surface area contributed by atoms with Crippen LogP contribution in [0.5, 0.6) is 0 Å². The fourth-order valence-electron chi connectivity index (χ4n) is 4.82. The molecular formula is C36H27BrN2. The molecule has 0 saturated heterocycles. The molecule has 39 heavy (non-hydrogen) atoms. The van der Waals surface area contributed by atoms with E-state index in [0.29, 0.717) is 0 Å². The minimum atomic E-state index is 1.06. The van der Waals surface area contributed by atoms with E-state index in [1.165, 1.54) is 11.1 Å². The first kappa shape index (κ1) is 24.7. The van der Waals surface area contributed by atoms with Crippen molar-refractivity contribution in [3.63, 3.8) is 0 Å². The molecule has 3 heteroatoms. The van der Waals surface area contributed by atoms with Gasteiger partial charge in [0.15, 0.2) is 0 Å². The van der Waals surface area contributed by atoms with E-state index >= 15 is 0 Å². The van der Waals surface area contributed by atoms with Crippen molar-refractivity contribution >= 4 is 50.1 Å². The summed E-state index contributed by atoms with van der Waals surface area (Å²) in [5.74, 6) is 0. The van der Waals surface area contributed by atoms with Crippen molar-refractivity contribution in [1.29, 1.82) is 0 Å². The number of anilines is 6. The topological polar surface area (TPSA) is 6.48 Å². The van der Waals surface area contributed by atoms with Crippen molar-refractivity contribution in [1.82, 2.24) is 0 Å². The van der Waals surface area contributed by atoms with Crippen molar-refractivity contribution in [3.8, 4) is 11.1 Å². The van der Waals surface area contributed by atoms with E-state index in [1.807, 2.05) is 6.07 Å². The second-order valence-electron chi connectivity index (χ2n) is 9.25. The molecule has 0 aromatic heterocycles. The number of hydrogen-bond donors (Lipinski definition) is 0. The molecular weight excluding hydrogens is 540 g/mol. The van der Waals surface area contributed by atoms with E-state index in [4.69, 9.17) is 0 Å². The lowest BCUT2D eigenvalue weighted by Gasteiger charge is -2.28. The number of hydrogen-bond acceptors (Lipinski definition) is 2. The molecule has 0 saturated carbocycles. The fourth-order valence-corrected chi connectivity index (χ4v) is 5.09. The van der Waals surface area contributed by atoms with Gasteiger partial charge < -0.3 is 9.80 Å². The number of rotatable bonds is 7. The van der Waals surface area contributed by atoms with Crippen LogP contribution in [0.1, 0.15) is 0 Å². The van der Waals surface area contributed by atoms with Crippen LogP contribution in [0.15, 0.2) is 168 Å². The smallest absolute Gasteiger partial charge is 0.0463 e. The van der Waals surface area contributed by atoms with Crippen LogP contribution in [-0.2, 0) is 0 Å². The average Bonchev–Trinajstić information content (AvgIpc) is 3.01. The molecule has 0 unspecified atom stereocenters. The predicted octanol–water partition coefficient (Wildman–Crippen LogP) is 11.1. The Hall–Kier alpha value is -4.60. The summed E-state index contributed by atoms with van der Waals surface area (Å²) < 4.78 is 1.06. The molecule has 0 atom stereocenters. The Bertz CT molecular complexity index is 1580. The largest absolute Gasteiger partial charge is 0.311 e. The summed E-state index contributed by atoms with van der Waals surface area (Å²) in [7, 11) is 0. The van der Waals surface area contributed by atoms with Crippen molar-refractivity contribution in [2.24, 2.45) is 0 Å². The average molecular weight is 568 g/mol. The second kappa shape index (κ2) is 11.4. The first-order valence-electron chi connectivity index (χ1n) is 13.0. The van der Waals surface area contributed by atoms with Gasteiger partial charge in [-0.2, -0.15) is 0 Å². The van der Waals surface area contributed by atoms with Gasteiger partial charge in [0.1, 0.15) is 0 Å². The highest BCUT2D eigenvalue weighted by molar-refractivity contribution is 9.10. The van der Waals surface area contributed by atoms with Gasteiger partial charge in [-0.25, -0.2) is 0 Å². The van der Waals surface area contributed by atoms with Gasteiger partial charge in [-0.3, -0.25) is 0 Å². The normalized spacial score (nSPS) is 10.7. The highest BCUT2D eigenvalue weighted by Crippen LogP contribution is 2.39. The summed E-state index contributed by atoms with van der Waals surface area (Å²) >= 11 is 3.59. The predicted molar refractivity (Wildman–Crippen MR) is 169 cm³/mol. The standard InChI is InChI=1S/C36H27BrN2/c37-30-18-22-34(23-19-30)39(33-20-16-29(17-21-33)28-10-4-1-5-11-28)36-26-24-35(25-27-36)38(31-12-6-2-7-13-31)32-14-8-3-9-15-32/h1-27H. The molecule has 188 valence electrons. The minimum absolute atomic E-state index is 1.06. The molecule has 0 amide bonds. The molecule has 0 fully saturated rings. The zero-order valence-corrected chi connectivity index (χ0v) is 22.9. The Labute approximate surface area is 238 Å². The van der Waals surface area contributed by atoms with Crippen LogP contribution >= 0.6 is 15.9 Å². The van der Waals surface area contributed by atoms with Crippen LogP contribution in [-0.4, -0.2) is 0 Å². The van der Waals surface area contributed by atoms with Gasteiger partial charge in [0.25, 0.3) is 0 Å². The Morgan fingerprint density at radius 1 is 0.282 bits per heavy atom. The van der Waals surface area contributed by atoms with Gasteiger partial charge in [0.05, 0.1) is 0 Å². The maximum absolute atomic E-state index is 3.59. The third kappa shape index (κ3) is 5.50. The highest BCUT2D eigenvalue weighted by Gasteiger charge is 2.16. The van der Waals surface area contributed by atoms with Crippen LogP contribution in [0.3, 0.4) is 0 Å². The Morgan fingerprint density at radius 3 is 0.974 bits per heavy atom. The zero-order valence-electron chi connectivity index (χ0n) is 21.4. The molecule has 0 bridgehead atoms. The monoisotopic (exact) mass is 566 g/mol. The van der Waals surface area contributed by atoms with Gasteiger partial charge in [0, 0.05) is 38.6 Å². The zero-order chi connectivity index (χ0) is 26.4. The van der Waals surface area contributed by atoms with Gasteiger partial charge in [0.2, 0.25) is 0 Å². The molecule has 6 aromatic rings. The lowest BCUT2D eigenvalue weighted by Crippen LogP contribution is -2.12. The maximum Gasteiger partial charge on any atom is 0.0463 e. The van der Waals surface area contributed by atoms with E-state index < -0.39 is 0 Å². The summed E-state index contributed by atoms with van der Waals surface area (Å²) in [5, 5.41) is 0. The first-order chi connectivity index (χ1) is 19.3.